The minimum atomic E-state index is 0.543. The zero-order chi connectivity index (χ0) is 9.10. The normalized spacial score (nSPS) is 28.7. The molecule has 1 aliphatic rings. The van der Waals surface area contributed by atoms with E-state index in [1.807, 2.05) is 0 Å². The van der Waals surface area contributed by atoms with Crippen molar-refractivity contribution in [3.05, 3.63) is 30.6 Å². The molecule has 2 heteroatoms. The van der Waals surface area contributed by atoms with E-state index in [0.29, 0.717) is 11.3 Å². The Bertz CT molecular complexity index is 260. The van der Waals surface area contributed by atoms with Crippen LogP contribution in [0, 0.1) is 0 Å². The van der Waals surface area contributed by atoms with E-state index in [2.05, 4.69) is 47.8 Å². The summed E-state index contributed by atoms with van der Waals surface area (Å²) in [4.78, 5) is 0. The van der Waals surface area contributed by atoms with Crippen LogP contribution in [-0.4, -0.2) is 5.25 Å². The van der Waals surface area contributed by atoms with Crippen molar-refractivity contribution in [1.82, 2.24) is 0 Å². The fraction of sp³-hybridized carbons (Fsp3) is 0.545. The molecular formula is C11H16NS+. The molecule has 0 aromatic carbocycles. The third kappa shape index (κ3) is 2.05. The molecule has 1 aliphatic carbocycles. The predicted molar refractivity (Wildman–Crippen MR) is 56.9 cm³/mol. The first-order valence-corrected chi connectivity index (χ1v) is 5.53. The summed E-state index contributed by atoms with van der Waals surface area (Å²) >= 11 is 4.65. The molecule has 1 heterocycles. The van der Waals surface area contributed by atoms with Crippen LogP contribution in [0.3, 0.4) is 0 Å². The Balaban J connectivity index is 2.15. The highest BCUT2D eigenvalue weighted by atomic mass is 32.1. The third-order valence-electron chi connectivity index (χ3n) is 2.82. The van der Waals surface area contributed by atoms with Gasteiger partial charge >= 0.3 is 0 Å². The molecule has 1 aromatic heterocycles. The zero-order valence-corrected chi connectivity index (χ0v) is 8.66. The Morgan fingerprint density at radius 1 is 1.00 bits per heavy atom. The lowest BCUT2D eigenvalue weighted by atomic mass is 9.94. The molecule has 13 heavy (non-hydrogen) atoms. The summed E-state index contributed by atoms with van der Waals surface area (Å²) in [6, 6.07) is 6.86. The van der Waals surface area contributed by atoms with Crippen molar-refractivity contribution < 1.29 is 4.57 Å². The van der Waals surface area contributed by atoms with E-state index in [1.165, 1.54) is 25.7 Å². The molecule has 2 atom stereocenters. The summed E-state index contributed by atoms with van der Waals surface area (Å²) in [5.41, 5.74) is 0. The van der Waals surface area contributed by atoms with Gasteiger partial charge in [-0.2, -0.15) is 12.6 Å². The number of aromatic nitrogens is 1. The number of pyridine rings is 1. The summed E-state index contributed by atoms with van der Waals surface area (Å²) in [5.74, 6) is 0. The maximum atomic E-state index is 4.65. The fourth-order valence-electron chi connectivity index (χ4n) is 2.07. The van der Waals surface area contributed by atoms with Crippen molar-refractivity contribution >= 4 is 12.6 Å². The number of nitrogens with zero attached hydrogens (tertiary/aromatic N) is 1. The average molecular weight is 194 g/mol. The van der Waals surface area contributed by atoms with Gasteiger partial charge in [0.15, 0.2) is 18.4 Å². The van der Waals surface area contributed by atoms with Gasteiger partial charge in [-0.25, -0.2) is 4.57 Å². The molecule has 0 radical (unpaired) electrons. The molecule has 0 amide bonds. The summed E-state index contributed by atoms with van der Waals surface area (Å²) in [6.45, 7) is 0. The van der Waals surface area contributed by atoms with Gasteiger partial charge in [0.25, 0.3) is 0 Å². The average Bonchev–Trinajstić information content (AvgIpc) is 2.20. The first-order valence-electron chi connectivity index (χ1n) is 5.02. The Labute approximate surface area is 85.2 Å². The molecular weight excluding hydrogens is 178 g/mol. The summed E-state index contributed by atoms with van der Waals surface area (Å²) < 4.78 is 2.30. The van der Waals surface area contributed by atoms with Crippen molar-refractivity contribution in [1.29, 1.82) is 0 Å². The molecule has 0 bridgehead atoms. The molecule has 70 valence electrons. The fourth-order valence-corrected chi connectivity index (χ4v) is 2.56. The van der Waals surface area contributed by atoms with Gasteiger partial charge in [-0.05, 0) is 12.8 Å². The van der Waals surface area contributed by atoms with E-state index in [1.54, 1.807) is 0 Å². The van der Waals surface area contributed by atoms with E-state index in [4.69, 9.17) is 0 Å². The smallest absolute Gasteiger partial charge is 0.169 e. The van der Waals surface area contributed by atoms with Gasteiger partial charge < -0.3 is 0 Å². The maximum absolute atomic E-state index is 4.65. The maximum Gasteiger partial charge on any atom is 0.169 e. The van der Waals surface area contributed by atoms with Crippen LogP contribution in [-0.2, 0) is 0 Å². The molecule has 1 nitrogen and oxygen atoms in total. The van der Waals surface area contributed by atoms with Crippen molar-refractivity contribution in [2.75, 3.05) is 0 Å². The van der Waals surface area contributed by atoms with Crippen LogP contribution in [0.4, 0.5) is 0 Å². The number of rotatable bonds is 1. The Morgan fingerprint density at radius 2 is 1.69 bits per heavy atom. The van der Waals surface area contributed by atoms with Crippen molar-refractivity contribution in [3.63, 3.8) is 0 Å². The van der Waals surface area contributed by atoms with Crippen LogP contribution in [0.15, 0.2) is 30.6 Å². The largest absolute Gasteiger partial charge is 0.201 e. The molecule has 1 saturated carbocycles. The van der Waals surface area contributed by atoms with E-state index in [0.717, 1.165) is 0 Å². The van der Waals surface area contributed by atoms with Crippen molar-refractivity contribution in [3.8, 4) is 0 Å². The second-order valence-corrected chi connectivity index (χ2v) is 4.41. The van der Waals surface area contributed by atoms with E-state index in [-0.39, 0.29) is 0 Å². The summed E-state index contributed by atoms with van der Waals surface area (Å²) in [6.07, 6.45) is 9.54. The standard InChI is InChI=1S/C11H15NS/c13-11-7-3-2-6-10(11)12-8-4-1-5-9-12/h1,4-5,8-11H,2-3,6-7H2/p+1. The van der Waals surface area contributed by atoms with E-state index >= 15 is 0 Å². The quantitative estimate of drug-likeness (QED) is 0.517. The highest BCUT2D eigenvalue weighted by molar-refractivity contribution is 7.81. The van der Waals surface area contributed by atoms with Gasteiger partial charge in [-0.15, -0.1) is 0 Å². The van der Waals surface area contributed by atoms with Gasteiger partial charge in [0.05, 0.1) is 5.25 Å². The SMILES string of the molecule is SC1CCCCC1[n+]1ccccc1. The zero-order valence-electron chi connectivity index (χ0n) is 7.76. The van der Waals surface area contributed by atoms with Gasteiger partial charge in [0.2, 0.25) is 0 Å². The topological polar surface area (TPSA) is 3.88 Å². The second-order valence-electron chi connectivity index (χ2n) is 3.74. The van der Waals surface area contributed by atoms with Crippen LogP contribution in [0.25, 0.3) is 0 Å². The highest BCUT2D eigenvalue weighted by Crippen LogP contribution is 2.28. The first-order chi connectivity index (χ1) is 6.38. The minimum Gasteiger partial charge on any atom is -0.201 e. The number of hydrogen-bond donors (Lipinski definition) is 1. The van der Waals surface area contributed by atoms with Gasteiger partial charge in [-0.3, -0.25) is 0 Å². The van der Waals surface area contributed by atoms with Gasteiger partial charge in [0.1, 0.15) is 0 Å². The Morgan fingerprint density at radius 3 is 2.38 bits per heavy atom. The Kier molecular flexibility index (Phi) is 2.89. The molecule has 2 unspecified atom stereocenters. The lowest BCUT2D eigenvalue weighted by molar-refractivity contribution is -0.724. The molecule has 0 saturated heterocycles. The van der Waals surface area contributed by atoms with Crippen LogP contribution in [0.2, 0.25) is 0 Å². The molecule has 1 aromatic rings. The van der Waals surface area contributed by atoms with Crippen LogP contribution < -0.4 is 4.57 Å². The van der Waals surface area contributed by atoms with Crippen molar-refractivity contribution in [2.24, 2.45) is 0 Å². The molecule has 2 rings (SSSR count). The Hall–Kier alpha value is -0.500. The number of thiol groups is 1. The van der Waals surface area contributed by atoms with Crippen LogP contribution in [0.1, 0.15) is 31.7 Å². The van der Waals surface area contributed by atoms with Crippen LogP contribution >= 0.6 is 12.6 Å². The summed E-state index contributed by atoms with van der Waals surface area (Å²) in [5, 5.41) is 0.543. The minimum absolute atomic E-state index is 0.543. The summed E-state index contributed by atoms with van der Waals surface area (Å²) in [7, 11) is 0. The first kappa shape index (κ1) is 9.07. The molecule has 0 N–H and O–H groups in total. The van der Waals surface area contributed by atoms with Crippen molar-refractivity contribution in [2.45, 2.75) is 37.0 Å². The third-order valence-corrected chi connectivity index (χ3v) is 3.42. The van der Waals surface area contributed by atoms with Gasteiger partial charge in [0, 0.05) is 18.6 Å². The molecule has 0 aliphatic heterocycles. The van der Waals surface area contributed by atoms with Gasteiger partial charge in [-0.1, -0.05) is 12.5 Å². The lowest BCUT2D eigenvalue weighted by Gasteiger charge is -2.23. The molecule has 1 fully saturated rings. The van der Waals surface area contributed by atoms with Crippen LogP contribution in [0.5, 0.6) is 0 Å². The van der Waals surface area contributed by atoms with E-state index in [9.17, 15) is 0 Å². The highest BCUT2D eigenvalue weighted by Gasteiger charge is 2.28. The predicted octanol–water partition coefficient (Wildman–Crippen LogP) is 2.39. The monoisotopic (exact) mass is 194 g/mol. The second kappa shape index (κ2) is 4.14. The lowest BCUT2D eigenvalue weighted by Crippen LogP contribution is -2.44. The molecule has 0 spiro atoms. The van der Waals surface area contributed by atoms with E-state index < -0.39 is 0 Å². The number of hydrogen-bond acceptors (Lipinski definition) is 1.